The van der Waals surface area contributed by atoms with Crippen LogP contribution < -0.4 is 9.64 Å². The summed E-state index contributed by atoms with van der Waals surface area (Å²) in [6.45, 7) is 2.95. The maximum Gasteiger partial charge on any atom is 0.241 e. The lowest BCUT2D eigenvalue weighted by atomic mass is 10.1. The Balaban J connectivity index is 2.36. The fourth-order valence-electron chi connectivity index (χ4n) is 1.75. The second kappa shape index (κ2) is 4.23. The molecule has 1 heterocycles. The summed E-state index contributed by atoms with van der Waals surface area (Å²) in [5.41, 5.74) is 1.84. The number of nitrogens with zero attached hydrogens (tertiary/aromatic N) is 2. The number of fused-ring (bicyclic) bond motifs is 1. The minimum atomic E-state index is -0.169. The molecule has 4 nitrogen and oxygen atoms in total. The third-order valence-electron chi connectivity index (χ3n) is 2.51. The zero-order valence-corrected chi connectivity index (χ0v) is 9.06. The molecule has 1 aliphatic rings. The highest BCUT2D eigenvalue weighted by molar-refractivity contribution is 5.96. The first-order valence-electron chi connectivity index (χ1n) is 5.13. The number of hydrogen-bond acceptors (Lipinski definition) is 3. The van der Waals surface area contributed by atoms with Gasteiger partial charge >= 0.3 is 0 Å². The Morgan fingerprint density at radius 2 is 2.44 bits per heavy atom. The molecule has 0 unspecified atom stereocenters. The van der Waals surface area contributed by atoms with Gasteiger partial charge in [-0.3, -0.25) is 4.79 Å². The first-order chi connectivity index (χ1) is 7.72. The molecule has 0 aliphatic carbocycles. The molecule has 0 aromatic heterocycles. The van der Waals surface area contributed by atoms with Gasteiger partial charge in [0.1, 0.15) is 18.8 Å². The van der Waals surface area contributed by atoms with E-state index in [1.807, 2.05) is 31.2 Å². The number of ether oxygens (including phenoxy) is 1. The highest BCUT2D eigenvalue weighted by atomic mass is 16.5. The number of rotatable bonds is 1. The van der Waals surface area contributed by atoms with Gasteiger partial charge in [-0.05, 0) is 24.6 Å². The average Bonchev–Trinajstić information content (AvgIpc) is 2.28. The largest absolute Gasteiger partial charge is 0.490 e. The highest BCUT2D eigenvalue weighted by Crippen LogP contribution is 2.32. The zero-order valence-electron chi connectivity index (χ0n) is 9.06. The molecule has 4 heteroatoms. The summed E-state index contributed by atoms with van der Waals surface area (Å²) in [6, 6.07) is 7.58. The Hall–Kier alpha value is -2.02. The molecule has 16 heavy (non-hydrogen) atoms. The van der Waals surface area contributed by atoms with Crippen LogP contribution in [0.25, 0.3) is 0 Å². The van der Waals surface area contributed by atoms with Gasteiger partial charge in [0.15, 0.2) is 0 Å². The van der Waals surface area contributed by atoms with Crippen LogP contribution in [0.15, 0.2) is 18.2 Å². The molecule has 0 saturated heterocycles. The number of carbonyl (C=O) groups is 1. The van der Waals surface area contributed by atoms with Crippen LogP contribution in [0, 0.1) is 18.3 Å². The monoisotopic (exact) mass is 216 g/mol. The van der Waals surface area contributed by atoms with E-state index in [4.69, 9.17) is 10.00 Å². The number of amides is 1. The molecule has 1 aromatic rings. The average molecular weight is 216 g/mol. The van der Waals surface area contributed by atoms with Crippen molar-refractivity contribution in [2.45, 2.75) is 13.3 Å². The second-order valence-corrected chi connectivity index (χ2v) is 3.70. The molecule has 82 valence electrons. The number of anilines is 1. The predicted molar refractivity (Wildman–Crippen MR) is 59.3 cm³/mol. The van der Waals surface area contributed by atoms with Crippen molar-refractivity contribution in [3.63, 3.8) is 0 Å². The van der Waals surface area contributed by atoms with Gasteiger partial charge in [-0.15, -0.1) is 0 Å². The van der Waals surface area contributed by atoms with E-state index in [1.54, 1.807) is 4.90 Å². The molecule has 0 bridgehead atoms. The molecule has 0 N–H and O–H groups in total. The standard InChI is InChI=1S/C12H12N2O2/c1-9-2-3-11-10(8-9)14(6-7-16-11)12(15)4-5-13/h2-3,8H,4,6-7H2,1H3. The van der Waals surface area contributed by atoms with Gasteiger partial charge in [0, 0.05) is 0 Å². The summed E-state index contributed by atoms with van der Waals surface area (Å²) >= 11 is 0. The Labute approximate surface area is 94.0 Å². The number of benzene rings is 1. The Bertz CT molecular complexity index is 463. The lowest BCUT2D eigenvalue weighted by Crippen LogP contribution is -2.37. The van der Waals surface area contributed by atoms with Crippen LogP contribution in [-0.2, 0) is 4.79 Å². The molecular weight excluding hydrogens is 204 g/mol. The molecule has 0 atom stereocenters. The van der Waals surface area contributed by atoms with Crippen molar-refractivity contribution < 1.29 is 9.53 Å². The molecular formula is C12H12N2O2. The van der Waals surface area contributed by atoms with E-state index in [0.717, 1.165) is 11.3 Å². The lowest BCUT2D eigenvalue weighted by Gasteiger charge is -2.29. The van der Waals surface area contributed by atoms with E-state index in [0.29, 0.717) is 18.9 Å². The van der Waals surface area contributed by atoms with Crippen LogP contribution in [0.4, 0.5) is 5.69 Å². The molecule has 0 radical (unpaired) electrons. The SMILES string of the molecule is Cc1ccc2c(c1)N(C(=O)CC#N)CCO2. The summed E-state index contributed by atoms with van der Waals surface area (Å²) in [5, 5.41) is 8.54. The molecule has 1 amide bonds. The van der Waals surface area contributed by atoms with Gasteiger partial charge in [0.05, 0.1) is 18.3 Å². The second-order valence-electron chi connectivity index (χ2n) is 3.70. The Morgan fingerprint density at radius 1 is 1.62 bits per heavy atom. The van der Waals surface area contributed by atoms with Crippen molar-refractivity contribution in [2.24, 2.45) is 0 Å². The van der Waals surface area contributed by atoms with Crippen molar-refractivity contribution in [1.82, 2.24) is 0 Å². The van der Waals surface area contributed by atoms with Gasteiger partial charge in [0.25, 0.3) is 0 Å². The van der Waals surface area contributed by atoms with Crippen LogP contribution in [0.1, 0.15) is 12.0 Å². The van der Waals surface area contributed by atoms with Gasteiger partial charge in [-0.2, -0.15) is 5.26 Å². The van der Waals surface area contributed by atoms with Crippen LogP contribution in [0.2, 0.25) is 0 Å². The Morgan fingerprint density at radius 3 is 3.19 bits per heavy atom. The number of carbonyl (C=O) groups excluding carboxylic acids is 1. The van der Waals surface area contributed by atoms with E-state index in [1.165, 1.54) is 0 Å². The maximum absolute atomic E-state index is 11.7. The summed E-state index contributed by atoms with van der Waals surface area (Å²) in [4.78, 5) is 13.3. The topological polar surface area (TPSA) is 53.3 Å². The van der Waals surface area contributed by atoms with E-state index < -0.39 is 0 Å². The Kier molecular flexibility index (Phi) is 2.78. The maximum atomic E-state index is 11.7. The van der Waals surface area contributed by atoms with Crippen LogP contribution in [0.3, 0.4) is 0 Å². The van der Waals surface area contributed by atoms with E-state index in [-0.39, 0.29) is 12.3 Å². The molecule has 1 aliphatic heterocycles. The van der Waals surface area contributed by atoms with E-state index >= 15 is 0 Å². The van der Waals surface area contributed by atoms with Gasteiger partial charge < -0.3 is 9.64 Å². The van der Waals surface area contributed by atoms with Gasteiger partial charge in [-0.25, -0.2) is 0 Å². The number of nitriles is 1. The smallest absolute Gasteiger partial charge is 0.241 e. The normalized spacial score (nSPS) is 13.6. The minimum absolute atomic E-state index is 0.0899. The molecule has 2 rings (SSSR count). The highest BCUT2D eigenvalue weighted by Gasteiger charge is 2.23. The quantitative estimate of drug-likeness (QED) is 0.717. The molecule has 0 fully saturated rings. The molecule has 0 spiro atoms. The van der Waals surface area contributed by atoms with E-state index in [2.05, 4.69) is 0 Å². The van der Waals surface area contributed by atoms with Crippen LogP contribution in [0.5, 0.6) is 5.75 Å². The van der Waals surface area contributed by atoms with Crippen molar-refractivity contribution >= 4 is 11.6 Å². The number of aryl methyl sites for hydroxylation is 1. The fraction of sp³-hybridized carbons (Fsp3) is 0.333. The summed E-state index contributed by atoms with van der Waals surface area (Å²) in [6.07, 6.45) is -0.0899. The van der Waals surface area contributed by atoms with Crippen molar-refractivity contribution in [3.05, 3.63) is 23.8 Å². The van der Waals surface area contributed by atoms with Crippen LogP contribution in [-0.4, -0.2) is 19.1 Å². The van der Waals surface area contributed by atoms with Crippen molar-refractivity contribution in [1.29, 1.82) is 5.26 Å². The summed E-state index contributed by atoms with van der Waals surface area (Å²) in [5.74, 6) is 0.542. The van der Waals surface area contributed by atoms with Gasteiger partial charge in [0.2, 0.25) is 5.91 Å². The van der Waals surface area contributed by atoms with Gasteiger partial charge in [-0.1, -0.05) is 6.07 Å². The van der Waals surface area contributed by atoms with E-state index in [9.17, 15) is 4.79 Å². The van der Waals surface area contributed by atoms with Crippen molar-refractivity contribution in [2.75, 3.05) is 18.1 Å². The first-order valence-corrected chi connectivity index (χ1v) is 5.13. The summed E-state index contributed by atoms with van der Waals surface area (Å²) in [7, 11) is 0. The third kappa shape index (κ3) is 1.84. The minimum Gasteiger partial charge on any atom is -0.490 e. The number of hydrogen-bond donors (Lipinski definition) is 0. The lowest BCUT2D eigenvalue weighted by molar-refractivity contribution is -0.117. The molecule has 0 saturated carbocycles. The summed E-state index contributed by atoms with van der Waals surface area (Å²) < 4.78 is 5.46. The zero-order chi connectivity index (χ0) is 11.5. The van der Waals surface area contributed by atoms with Crippen LogP contribution >= 0.6 is 0 Å². The first kappa shape index (κ1) is 10.5. The molecule has 1 aromatic carbocycles. The predicted octanol–water partition coefficient (Wildman–Crippen LogP) is 1.63. The van der Waals surface area contributed by atoms with Crippen molar-refractivity contribution in [3.8, 4) is 11.8 Å². The fourth-order valence-corrected chi connectivity index (χ4v) is 1.75. The third-order valence-corrected chi connectivity index (χ3v) is 2.51.